The van der Waals surface area contributed by atoms with Crippen molar-refractivity contribution < 1.29 is 9.53 Å². The van der Waals surface area contributed by atoms with Gasteiger partial charge in [-0.25, -0.2) is 14.5 Å². The lowest BCUT2D eigenvalue weighted by atomic mass is 10.1. The maximum Gasteiger partial charge on any atom is 0.377 e. The predicted octanol–water partition coefficient (Wildman–Crippen LogP) is 1.38. The van der Waals surface area contributed by atoms with E-state index in [1.54, 1.807) is 4.68 Å². The minimum atomic E-state index is -0.565. The van der Waals surface area contributed by atoms with Gasteiger partial charge in [-0.3, -0.25) is 0 Å². The maximum atomic E-state index is 11.3. The lowest BCUT2D eigenvalue weighted by Gasteiger charge is -2.15. The molecule has 0 fully saturated rings. The van der Waals surface area contributed by atoms with Gasteiger partial charge in [0.15, 0.2) is 0 Å². The number of hydrogen-bond acceptors (Lipinski definition) is 5. The van der Waals surface area contributed by atoms with Crippen molar-refractivity contribution in [1.82, 2.24) is 14.8 Å². The predicted molar refractivity (Wildman–Crippen MR) is 72.7 cm³/mol. The Labute approximate surface area is 118 Å². The highest BCUT2D eigenvalue weighted by molar-refractivity contribution is 9.10. The van der Waals surface area contributed by atoms with Crippen molar-refractivity contribution in [3.8, 4) is 0 Å². The Morgan fingerprint density at radius 1 is 1.47 bits per heavy atom. The number of nitrogens with two attached hydrogens (primary N) is 1. The van der Waals surface area contributed by atoms with Crippen molar-refractivity contribution in [2.45, 2.75) is 6.04 Å². The van der Waals surface area contributed by atoms with Gasteiger partial charge in [-0.15, -0.1) is 5.10 Å². The first-order chi connectivity index (χ1) is 9.15. The molecular formula is C12H13BrN4O2. The fraction of sp³-hybridized carbons (Fsp3) is 0.250. The highest BCUT2D eigenvalue weighted by Crippen LogP contribution is 2.19. The van der Waals surface area contributed by atoms with E-state index in [4.69, 9.17) is 5.73 Å². The topological polar surface area (TPSA) is 83.0 Å². The fourth-order valence-corrected chi connectivity index (χ4v) is 1.96. The van der Waals surface area contributed by atoms with E-state index >= 15 is 0 Å². The number of ether oxygens (including phenoxy) is 1. The Hall–Kier alpha value is -1.73. The summed E-state index contributed by atoms with van der Waals surface area (Å²) in [5.41, 5.74) is 6.77. The first kappa shape index (κ1) is 13.7. The average molecular weight is 325 g/mol. The van der Waals surface area contributed by atoms with Crippen LogP contribution in [0.3, 0.4) is 0 Å². The molecule has 1 heterocycles. The van der Waals surface area contributed by atoms with E-state index in [2.05, 4.69) is 30.7 Å². The van der Waals surface area contributed by atoms with Gasteiger partial charge in [0.2, 0.25) is 0 Å². The second-order valence-corrected chi connectivity index (χ2v) is 4.76. The zero-order valence-corrected chi connectivity index (χ0v) is 11.9. The minimum Gasteiger partial charge on any atom is -0.463 e. The van der Waals surface area contributed by atoms with Gasteiger partial charge in [-0.2, -0.15) is 0 Å². The van der Waals surface area contributed by atoms with Crippen LogP contribution in [0, 0.1) is 0 Å². The molecule has 1 aromatic carbocycles. The number of aromatic nitrogens is 3. The van der Waals surface area contributed by atoms with E-state index in [1.807, 2.05) is 24.3 Å². The summed E-state index contributed by atoms with van der Waals surface area (Å²) in [7, 11) is 1.29. The molecule has 0 saturated carbocycles. The number of hydrogen-bond donors (Lipinski definition) is 1. The number of nitrogens with zero attached hydrogens (tertiary/aromatic N) is 3. The van der Waals surface area contributed by atoms with E-state index in [1.165, 1.54) is 13.4 Å². The molecule has 2 rings (SSSR count). The normalized spacial score (nSPS) is 12.2. The third-order valence-corrected chi connectivity index (χ3v) is 3.20. The molecule has 0 aliphatic carbocycles. The van der Waals surface area contributed by atoms with Crippen LogP contribution in [-0.2, 0) is 4.74 Å². The molecule has 1 atom stereocenters. The quantitative estimate of drug-likeness (QED) is 0.859. The number of esters is 1. The van der Waals surface area contributed by atoms with Crippen LogP contribution in [0.5, 0.6) is 0 Å². The van der Waals surface area contributed by atoms with Gasteiger partial charge < -0.3 is 10.5 Å². The van der Waals surface area contributed by atoms with Gasteiger partial charge in [0.05, 0.1) is 13.2 Å². The van der Waals surface area contributed by atoms with Crippen LogP contribution in [0.15, 0.2) is 35.1 Å². The Kier molecular flexibility index (Phi) is 4.28. The smallest absolute Gasteiger partial charge is 0.377 e. The molecule has 1 unspecified atom stereocenters. The molecule has 7 heteroatoms. The highest BCUT2D eigenvalue weighted by atomic mass is 79.9. The van der Waals surface area contributed by atoms with Crippen LogP contribution in [0.1, 0.15) is 22.2 Å². The summed E-state index contributed by atoms with van der Waals surface area (Å²) in [4.78, 5) is 15.2. The SMILES string of the molecule is COC(=O)c1ncn(C(CN)c2ccc(Br)cc2)n1. The monoisotopic (exact) mass is 324 g/mol. The molecule has 0 bridgehead atoms. The number of carbonyl (C=O) groups is 1. The third-order valence-electron chi connectivity index (χ3n) is 2.67. The van der Waals surface area contributed by atoms with Crippen LogP contribution in [0.2, 0.25) is 0 Å². The number of rotatable bonds is 4. The minimum absolute atomic E-state index is 0.0260. The van der Waals surface area contributed by atoms with Crippen LogP contribution in [0.25, 0.3) is 0 Å². The van der Waals surface area contributed by atoms with Crippen molar-refractivity contribution in [1.29, 1.82) is 0 Å². The molecule has 2 N–H and O–H groups in total. The maximum absolute atomic E-state index is 11.3. The molecule has 19 heavy (non-hydrogen) atoms. The van der Waals surface area contributed by atoms with E-state index in [-0.39, 0.29) is 11.9 Å². The molecule has 0 spiro atoms. The van der Waals surface area contributed by atoms with Gasteiger partial charge in [-0.05, 0) is 17.7 Å². The number of carbonyl (C=O) groups excluding carboxylic acids is 1. The zero-order chi connectivity index (χ0) is 13.8. The Balaban J connectivity index is 2.29. The van der Waals surface area contributed by atoms with Crippen molar-refractivity contribution in [3.05, 3.63) is 46.5 Å². The molecule has 0 aliphatic rings. The van der Waals surface area contributed by atoms with E-state index in [0.717, 1.165) is 10.0 Å². The van der Waals surface area contributed by atoms with Crippen LogP contribution < -0.4 is 5.73 Å². The van der Waals surface area contributed by atoms with Gasteiger partial charge in [0.1, 0.15) is 6.33 Å². The van der Waals surface area contributed by atoms with E-state index in [9.17, 15) is 4.79 Å². The first-order valence-corrected chi connectivity index (χ1v) is 6.40. The summed E-state index contributed by atoms with van der Waals surface area (Å²) >= 11 is 3.38. The molecule has 0 aliphatic heterocycles. The molecule has 0 radical (unpaired) electrons. The Morgan fingerprint density at radius 2 is 2.16 bits per heavy atom. The lowest BCUT2D eigenvalue weighted by molar-refractivity contribution is 0.0586. The molecule has 1 aromatic heterocycles. The van der Waals surface area contributed by atoms with Gasteiger partial charge in [-0.1, -0.05) is 28.1 Å². The number of halogens is 1. The summed E-state index contributed by atoms with van der Waals surface area (Å²) in [6, 6.07) is 7.58. The Bertz CT molecular complexity index is 567. The van der Waals surface area contributed by atoms with E-state index < -0.39 is 5.97 Å². The number of methoxy groups -OCH3 is 1. The summed E-state index contributed by atoms with van der Waals surface area (Å²) in [5, 5.41) is 4.09. The molecular weight excluding hydrogens is 312 g/mol. The highest BCUT2D eigenvalue weighted by Gasteiger charge is 2.17. The van der Waals surface area contributed by atoms with Crippen molar-refractivity contribution in [3.63, 3.8) is 0 Å². The standard InChI is InChI=1S/C12H13BrN4O2/c1-19-12(18)11-15-7-17(16-11)10(6-14)8-2-4-9(13)5-3-8/h2-5,7,10H,6,14H2,1H3. The second kappa shape index (κ2) is 5.94. The van der Waals surface area contributed by atoms with Gasteiger partial charge >= 0.3 is 5.97 Å². The lowest BCUT2D eigenvalue weighted by Crippen LogP contribution is -2.21. The first-order valence-electron chi connectivity index (χ1n) is 5.60. The summed E-state index contributed by atoms with van der Waals surface area (Å²) in [6.45, 7) is 0.353. The molecule has 100 valence electrons. The third kappa shape index (κ3) is 2.99. The summed E-state index contributed by atoms with van der Waals surface area (Å²) in [5.74, 6) is -0.539. The van der Waals surface area contributed by atoms with Gasteiger partial charge in [0, 0.05) is 11.0 Å². The van der Waals surface area contributed by atoms with Crippen molar-refractivity contribution >= 4 is 21.9 Å². The molecule has 6 nitrogen and oxygen atoms in total. The average Bonchev–Trinajstić information content (AvgIpc) is 2.90. The summed E-state index contributed by atoms with van der Waals surface area (Å²) in [6.07, 6.45) is 1.48. The summed E-state index contributed by atoms with van der Waals surface area (Å²) < 4.78 is 7.12. The van der Waals surface area contributed by atoms with Crippen molar-refractivity contribution in [2.24, 2.45) is 5.73 Å². The number of benzene rings is 1. The molecule has 0 amide bonds. The van der Waals surface area contributed by atoms with Crippen LogP contribution >= 0.6 is 15.9 Å². The molecule has 2 aromatic rings. The molecule has 0 saturated heterocycles. The van der Waals surface area contributed by atoms with Gasteiger partial charge in [0.25, 0.3) is 5.82 Å². The van der Waals surface area contributed by atoms with Crippen LogP contribution in [0.4, 0.5) is 0 Å². The van der Waals surface area contributed by atoms with Crippen molar-refractivity contribution in [2.75, 3.05) is 13.7 Å². The second-order valence-electron chi connectivity index (χ2n) is 3.84. The Morgan fingerprint density at radius 3 is 2.74 bits per heavy atom. The largest absolute Gasteiger partial charge is 0.463 e. The van der Waals surface area contributed by atoms with Crippen LogP contribution in [-0.4, -0.2) is 34.4 Å². The fourth-order valence-electron chi connectivity index (χ4n) is 1.69. The zero-order valence-electron chi connectivity index (χ0n) is 10.3. The van der Waals surface area contributed by atoms with E-state index in [0.29, 0.717) is 6.54 Å².